The number of anilines is 2. The molecular formula is C24H27N5O3. The van der Waals surface area contributed by atoms with Crippen LogP contribution in [0.4, 0.5) is 16.2 Å². The van der Waals surface area contributed by atoms with Crippen LogP contribution in [0.1, 0.15) is 18.5 Å². The number of para-hydroxylation sites is 2. The zero-order chi connectivity index (χ0) is 22.5. The number of ether oxygens (including phenoxy) is 1. The average Bonchev–Trinajstić information content (AvgIpc) is 3.25. The molecule has 0 bridgehead atoms. The number of urea groups is 1. The highest BCUT2D eigenvalue weighted by Crippen LogP contribution is 2.26. The molecule has 1 saturated heterocycles. The van der Waals surface area contributed by atoms with Crippen molar-refractivity contribution in [3.63, 3.8) is 0 Å². The van der Waals surface area contributed by atoms with E-state index in [2.05, 4.69) is 15.7 Å². The van der Waals surface area contributed by atoms with Crippen molar-refractivity contribution in [2.45, 2.75) is 19.8 Å². The summed E-state index contributed by atoms with van der Waals surface area (Å²) >= 11 is 0. The van der Waals surface area contributed by atoms with Crippen LogP contribution in [0.25, 0.3) is 5.69 Å². The van der Waals surface area contributed by atoms with Crippen LogP contribution in [-0.4, -0.2) is 46.8 Å². The van der Waals surface area contributed by atoms with Gasteiger partial charge >= 0.3 is 6.03 Å². The summed E-state index contributed by atoms with van der Waals surface area (Å²) in [4.78, 5) is 27.2. The maximum atomic E-state index is 12.8. The molecule has 0 aliphatic carbocycles. The third-order valence-corrected chi connectivity index (χ3v) is 5.69. The molecule has 166 valence electrons. The molecule has 0 atom stereocenters. The highest BCUT2D eigenvalue weighted by Gasteiger charge is 2.28. The number of carbonyl (C=O) groups excluding carboxylic acids is 2. The molecule has 0 spiro atoms. The van der Waals surface area contributed by atoms with E-state index in [1.165, 1.54) is 0 Å². The van der Waals surface area contributed by atoms with Crippen molar-refractivity contribution in [1.82, 2.24) is 14.7 Å². The molecule has 2 heterocycles. The van der Waals surface area contributed by atoms with Gasteiger partial charge in [0.25, 0.3) is 0 Å². The Morgan fingerprint density at radius 2 is 1.81 bits per heavy atom. The lowest BCUT2D eigenvalue weighted by molar-refractivity contribution is -0.121. The Bertz CT molecular complexity index is 1100. The summed E-state index contributed by atoms with van der Waals surface area (Å²) in [5.74, 6) is 0.442. The van der Waals surface area contributed by atoms with Gasteiger partial charge in [-0.15, -0.1) is 0 Å². The fraction of sp³-hybridized carbons (Fsp3) is 0.292. The second-order valence-electron chi connectivity index (χ2n) is 7.82. The fourth-order valence-corrected chi connectivity index (χ4v) is 3.89. The summed E-state index contributed by atoms with van der Waals surface area (Å²) in [6, 6.07) is 16.7. The third kappa shape index (κ3) is 4.74. The minimum absolute atomic E-state index is 0.0446. The van der Waals surface area contributed by atoms with Crippen molar-refractivity contribution in [1.29, 1.82) is 0 Å². The van der Waals surface area contributed by atoms with Crippen molar-refractivity contribution in [2.75, 3.05) is 30.8 Å². The van der Waals surface area contributed by atoms with Crippen molar-refractivity contribution in [2.24, 2.45) is 5.92 Å². The normalized spacial score (nSPS) is 14.1. The first-order chi connectivity index (χ1) is 15.5. The van der Waals surface area contributed by atoms with Crippen LogP contribution in [0.2, 0.25) is 0 Å². The van der Waals surface area contributed by atoms with Crippen LogP contribution in [-0.2, 0) is 4.79 Å². The van der Waals surface area contributed by atoms with E-state index in [0.717, 1.165) is 11.4 Å². The third-order valence-electron chi connectivity index (χ3n) is 5.69. The van der Waals surface area contributed by atoms with Crippen LogP contribution in [0, 0.1) is 12.8 Å². The van der Waals surface area contributed by atoms with Crippen LogP contribution in [0.3, 0.4) is 0 Å². The molecule has 32 heavy (non-hydrogen) atoms. The summed E-state index contributed by atoms with van der Waals surface area (Å²) in [5.41, 5.74) is 3.27. The lowest BCUT2D eigenvalue weighted by Gasteiger charge is -2.31. The molecule has 8 nitrogen and oxygen atoms in total. The van der Waals surface area contributed by atoms with E-state index in [0.29, 0.717) is 43.1 Å². The van der Waals surface area contributed by atoms with Gasteiger partial charge in [-0.05, 0) is 56.2 Å². The molecule has 0 radical (unpaired) electrons. The van der Waals surface area contributed by atoms with Gasteiger partial charge in [0.05, 0.1) is 18.5 Å². The predicted octanol–water partition coefficient (Wildman–Crippen LogP) is 4.07. The van der Waals surface area contributed by atoms with Crippen LogP contribution < -0.4 is 15.4 Å². The Hall–Kier alpha value is -3.81. The molecule has 4 rings (SSSR count). The lowest BCUT2D eigenvalue weighted by Crippen LogP contribution is -2.43. The number of benzene rings is 2. The number of aryl methyl sites for hydroxylation is 1. The summed E-state index contributed by atoms with van der Waals surface area (Å²) in [6.07, 6.45) is 2.97. The van der Waals surface area contributed by atoms with Crippen LogP contribution in [0.15, 0.2) is 60.8 Å². The number of aromatic nitrogens is 2. The van der Waals surface area contributed by atoms with Gasteiger partial charge in [-0.25, -0.2) is 9.48 Å². The van der Waals surface area contributed by atoms with E-state index in [9.17, 15) is 9.59 Å². The zero-order valence-corrected chi connectivity index (χ0v) is 18.2. The quantitative estimate of drug-likeness (QED) is 0.635. The SMILES string of the molecule is COc1ccccc1NC(=O)C1CCN(C(=O)Nc2cccc(-n3nccc3C)c2)CC1. The molecule has 2 N–H and O–H groups in total. The summed E-state index contributed by atoms with van der Waals surface area (Å²) in [7, 11) is 1.58. The topological polar surface area (TPSA) is 88.5 Å². The summed E-state index contributed by atoms with van der Waals surface area (Å²) in [6.45, 7) is 3.02. The highest BCUT2D eigenvalue weighted by molar-refractivity contribution is 5.94. The van der Waals surface area contributed by atoms with E-state index < -0.39 is 0 Å². The fourth-order valence-electron chi connectivity index (χ4n) is 3.89. The van der Waals surface area contributed by atoms with Crippen molar-refractivity contribution >= 4 is 23.3 Å². The van der Waals surface area contributed by atoms with Gasteiger partial charge in [-0.1, -0.05) is 18.2 Å². The standard InChI is InChI=1S/C24H27N5O3/c1-17-10-13-25-29(17)20-7-5-6-19(16-20)26-24(31)28-14-11-18(12-15-28)23(30)27-21-8-3-4-9-22(21)32-2/h3-10,13,16,18H,11-12,14-15H2,1-2H3,(H,26,31)(H,27,30). The maximum absolute atomic E-state index is 12.8. The highest BCUT2D eigenvalue weighted by atomic mass is 16.5. The second kappa shape index (κ2) is 9.55. The number of nitrogens with one attached hydrogen (secondary N) is 2. The molecule has 0 unspecified atom stereocenters. The summed E-state index contributed by atoms with van der Waals surface area (Å²) in [5, 5.41) is 10.2. The van der Waals surface area contributed by atoms with Gasteiger partial charge in [0.1, 0.15) is 5.75 Å². The molecule has 1 fully saturated rings. The Labute approximate surface area is 187 Å². The minimum Gasteiger partial charge on any atom is -0.495 e. The number of hydrogen-bond donors (Lipinski definition) is 2. The molecule has 2 aromatic carbocycles. The van der Waals surface area contributed by atoms with E-state index in [4.69, 9.17) is 4.74 Å². The number of nitrogens with zero attached hydrogens (tertiary/aromatic N) is 3. The number of hydrogen-bond acceptors (Lipinski definition) is 4. The van der Waals surface area contributed by atoms with E-state index >= 15 is 0 Å². The number of methoxy groups -OCH3 is 1. The van der Waals surface area contributed by atoms with Gasteiger partial charge in [0.15, 0.2) is 0 Å². The van der Waals surface area contributed by atoms with Gasteiger partial charge in [0, 0.05) is 36.6 Å². The maximum Gasteiger partial charge on any atom is 0.321 e. The van der Waals surface area contributed by atoms with Gasteiger partial charge < -0.3 is 20.3 Å². The monoisotopic (exact) mass is 433 g/mol. The molecule has 1 aliphatic heterocycles. The van der Waals surface area contributed by atoms with E-state index in [1.807, 2.05) is 66.2 Å². The molecule has 8 heteroatoms. The first kappa shape index (κ1) is 21.4. The number of likely N-dealkylation sites (tertiary alicyclic amines) is 1. The van der Waals surface area contributed by atoms with Crippen molar-refractivity contribution in [3.8, 4) is 11.4 Å². The number of carbonyl (C=O) groups is 2. The van der Waals surface area contributed by atoms with E-state index in [1.54, 1.807) is 18.2 Å². The number of rotatable bonds is 5. The Balaban J connectivity index is 1.32. The minimum atomic E-state index is -0.164. The number of amides is 3. The van der Waals surface area contributed by atoms with E-state index in [-0.39, 0.29) is 17.9 Å². The molecule has 1 aromatic heterocycles. The van der Waals surface area contributed by atoms with Crippen LogP contribution in [0.5, 0.6) is 5.75 Å². The second-order valence-corrected chi connectivity index (χ2v) is 7.82. The van der Waals surface area contributed by atoms with Crippen LogP contribution >= 0.6 is 0 Å². The summed E-state index contributed by atoms with van der Waals surface area (Å²) < 4.78 is 7.12. The first-order valence-corrected chi connectivity index (χ1v) is 10.7. The Morgan fingerprint density at radius 1 is 1.03 bits per heavy atom. The van der Waals surface area contributed by atoms with Gasteiger partial charge in [-0.3, -0.25) is 4.79 Å². The number of piperidine rings is 1. The largest absolute Gasteiger partial charge is 0.495 e. The van der Waals surface area contributed by atoms with Gasteiger partial charge in [0.2, 0.25) is 5.91 Å². The lowest BCUT2D eigenvalue weighted by atomic mass is 9.96. The Kier molecular flexibility index (Phi) is 6.39. The van der Waals surface area contributed by atoms with Gasteiger partial charge in [-0.2, -0.15) is 5.10 Å². The molecule has 3 aromatic rings. The molecule has 0 saturated carbocycles. The molecular weight excluding hydrogens is 406 g/mol. The first-order valence-electron chi connectivity index (χ1n) is 10.7. The zero-order valence-electron chi connectivity index (χ0n) is 18.2. The predicted molar refractivity (Wildman–Crippen MR) is 123 cm³/mol. The van der Waals surface area contributed by atoms with Crippen molar-refractivity contribution < 1.29 is 14.3 Å². The average molecular weight is 434 g/mol. The smallest absolute Gasteiger partial charge is 0.321 e. The van der Waals surface area contributed by atoms with Crippen molar-refractivity contribution in [3.05, 3.63) is 66.5 Å². The molecule has 1 aliphatic rings. The Morgan fingerprint density at radius 3 is 2.53 bits per heavy atom. The molecule has 3 amide bonds.